The molecule has 0 atom stereocenters. The van der Waals surface area contributed by atoms with Crippen LogP contribution >= 0.6 is 44.1 Å². The van der Waals surface area contributed by atoms with E-state index < -0.39 is 24.4 Å². The molecule has 1 heterocycles. The number of nitrogens with one attached hydrogen (secondary N) is 1. The number of nitrogens with zero attached hydrogens (tertiary/aromatic N) is 1. The Balaban J connectivity index is 1.95. The van der Waals surface area contributed by atoms with E-state index in [0.717, 1.165) is 12.0 Å². The number of anilines is 1. The van der Waals surface area contributed by atoms with Gasteiger partial charge in [0.25, 0.3) is 11.8 Å². The monoisotopic (exact) mass is 566 g/mol. The zero-order chi connectivity index (χ0) is 22.7. The van der Waals surface area contributed by atoms with Crippen molar-refractivity contribution in [2.24, 2.45) is 0 Å². The molecule has 1 fully saturated rings. The van der Waals surface area contributed by atoms with E-state index in [9.17, 15) is 14.4 Å². The lowest BCUT2D eigenvalue weighted by Gasteiger charge is -2.29. The molecule has 2 amide bonds. The number of hydrogen-bond donors (Lipinski definition) is 2. The maximum atomic E-state index is 13.1. The molecule has 0 bridgehead atoms. The van der Waals surface area contributed by atoms with E-state index in [1.54, 1.807) is 24.3 Å². The number of ether oxygens (including phenoxy) is 1. The van der Waals surface area contributed by atoms with E-state index in [1.807, 2.05) is 19.1 Å². The molecular weight excluding hydrogens is 552 g/mol. The van der Waals surface area contributed by atoms with Gasteiger partial charge >= 0.3 is 5.97 Å². The summed E-state index contributed by atoms with van der Waals surface area (Å²) in [5.41, 5.74) is 2.09. The molecule has 2 aromatic rings. The Bertz CT molecular complexity index is 1090. The van der Waals surface area contributed by atoms with E-state index in [2.05, 4.69) is 37.2 Å². The number of carboxylic acids is 1. The van der Waals surface area contributed by atoms with Gasteiger partial charge in [0.2, 0.25) is 0 Å². The SMILES string of the molecule is CCc1ccc(N2C(=O)C(=Cc3cc(Br)c(OCC(=O)O)c(Br)c3)C(=O)NC2=S)cc1. The Morgan fingerprint density at radius 1 is 1.19 bits per heavy atom. The molecule has 2 aromatic carbocycles. The van der Waals surface area contributed by atoms with Gasteiger partial charge in [-0.25, -0.2) is 4.79 Å². The number of aryl methyl sites for hydroxylation is 1. The second kappa shape index (κ2) is 9.71. The molecule has 0 saturated carbocycles. The summed E-state index contributed by atoms with van der Waals surface area (Å²) < 4.78 is 6.16. The summed E-state index contributed by atoms with van der Waals surface area (Å²) in [7, 11) is 0. The number of carbonyl (C=O) groups excluding carboxylic acids is 2. The third kappa shape index (κ3) is 5.20. The molecule has 31 heavy (non-hydrogen) atoms. The standard InChI is InChI=1S/C21H16Br2N2O5S/c1-2-11-3-5-13(6-4-11)25-20(29)14(19(28)24-21(25)31)7-12-8-15(22)18(16(23)9-12)30-10-17(26)27/h3-9H,2,10H2,1H3,(H,26,27)(H,24,28,31). The van der Waals surface area contributed by atoms with E-state index in [1.165, 1.54) is 11.0 Å². The van der Waals surface area contributed by atoms with Gasteiger partial charge in [0, 0.05) is 0 Å². The minimum absolute atomic E-state index is 0.0104. The first-order chi connectivity index (χ1) is 14.7. The molecule has 0 spiro atoms. The summed E-state index contributed by atoms with van der Waals surface area (Å²) in [5.74, 6) is -1.97. The number of aliphatic carboxylic acids is 1. The molecule has 10 heteroatoms. The van der Waals surface area contributed by atoms with Gasteiger partial charge in [0.15, 0.2) is 11.7 Å². The maximum absolute atomic E-state index is 13.1. The average Bonchev–Trinajstić information content (AvgIpc) is 2.70. The third-order valence-electron chi connectivity index (χ3n) is 4.38. The first-order valence-corrected chi connectivity index (χ1v) is 11.0. The van der Waals surface area contributed by atoms with Crippen LogP contribution in [0.3, 0.4) is 0 Å². The first kappa shape index (κ1) is 23.1. The summed E-state index contributed by atoms with van der Waals surface area (Å²) in [5, 5.41) is 11.3. The van der Waals surface area contributed by atoms with Crippen molar-refractivity contribution in [1.29, 1.82) is 0 Å². The van der Waals surface area contributed by atoms with Crippen LogP contribution in [0.2, 0.25) is 0 Å². The number of hydrogen-bond acceptors (Lipinski definition) is 5. The van der Waals surface area contributed by atoms with Gasteiger partial charge in [0.1, 0.15) is 11.3 Å². The van der Waals surface area contributed by atoms with Crippen LogP contribution in [0.15, 0.2) is 50.9 Å². The molecule has 7 nitrogen and oxygen atoms in total. The third-order valence-corrected chi connectivity index (χ3v) is 5.84. The van der Waals surface area contributed by atoms with Crippen molar-refractivity contribution in [1.82, 2.24) is 5.32 Å². The molecule has 2 N–H and O–H groups in total. The van der Waals surface area contributed by atoms with Gasteiger partial charge in [-0.2, -0.15) is 0 Å². The highest BCUT2D eigenvalue weighted by Crippen LogP contribution is 2.35. The van der Waals surface area contributed by atoms with Crippen LogP contribution in [-0.2, 0) is 20.8 Å². The minimum atomic E-state index is -1.11. The summed E-state index contributed by atoms with van der Waals surface area (Å²) in [6, 6.07) is 10.6. The van der Waals surface area contributed by atoms with Crippen LogP contribution in [-0.4, -0.2) is 34.6 Å². The Morgan fingerprint density at radius 3 is 2.35 bits per heavy atom. The highest BCUT2D eigenvalue weighted by atomic mass is 79.9. The van der Waals surface area contributed by atoms with E-state index in [4.69, 9.17) is 22.1 Å². The van der Waals surface area contributed by atoms with Crippen LogP contribution < -0.4 is 15.0 Å². The Hall–Kier alpha value is -2.56. The number of benzene rings is 2. The molecule has 0 unspecified atom stereocenters. The van der Waals surface area contributed by atoms with Crippen molar-refractivity contribution in [2.45, 2.75) is 13.3 Å². The van der Waals surface area contributed by atoms with Gasteiger partial charge in [-0.1, -0.05) is 19.1 Å². The van der Waals surface area contributed by atoms with Gasteiger partial charge in [-0.3, -0.25) is 19.8 Å². The highest BCUT2D eigenvalue weighted by molar-refractivity contribution is 9.11. The summed E-state index contributed by atoms with van der Waals surface area (Å²) in [6.45, 7) is 1.52. The van der Waals surface area contributed by atoms with Crippen LogP contribution in [0.1, 0.15) is 18.1 Å². The fraction of sp³-hybridized carbons (Fsp3) is 0.143. The highest BCUT2D eigenvalue weighted by Gasteiger charge is 2.34. The fourth-order valence-corrected chi connectivity index (χ4v) is 4.61. The van der Waals surface area contributed by atoms with Crippen molar-refractivity contribution >= 4 is 78.7 Å². The molecule has 1 aliphatic heterocycles. The van der Waals surface area contributed by atoms with Crippen molar-refractivity contribution in [3.05, 3.63) is 62.0 Å². The fourth-order valence-electron chi connectivity index (χ4n) is 2.87. The van der Waals surface area contributed by atoms with Gasteiger partial charge in [-0.15, -0.1) is 0 Å². The lowest BCUT2D eigenvalue weighted by atomic mass is 10.1. The maximum Gasteiger partial charge on any atom is 0.341 e. The van der Waals surface area contributed by atoms with Crippen molar-refractivity contribution < 1.29 is 24.2 Å². The number of amides is 2. The largest absolute Gasteiger partial charge is 0.480 e. The number of carbonyl (C=O) groups is 3. The topological polar surface area (TPSA) is 95.9 Å². The molecular formula is C21H16Br2N2O5S. The lowest BCUT2D eigenvalue weighted by molar-refractivity contribution is -0.139. The van der Waals surface area contributed by atoms with Crippen LogP contribution in [0.5, 0.6) is 5.75 Å². The number of halogens is 2. The second-order valence-corrected chi connectivity index (χ2v) is 8.57. The van der Waals surface area contributed by atoms with E-state index >= 15 is 0 Å². The number of thiocarbonyl (C=S) groups is 1. The predicted molar refractivity (Wildman–Crippen MR) is 127 cm³/mol. The summed E-state index contributed by atoms with van der Waals surface area (Å²) in [6.07, 6.45) is 2.29. The molecule has 3 rings (SSSR count). The second-order valence-electron chi connectivity index (χ2n) is 6.47. The van der Waals surface area contributed by atoms with Crippen LogP contribution in [0, 0.1) is 0 Å². The summed E-state index contributed by atoms with van der Waals surface area (Å²) in [4.78, 5) is 37.6. The summed E-state index contributed by atoms with van der Waals surface area (Å²) >= 11 is 11.9. The van der Waals surface area contributed by atoms with Gasteiger partial charge < -0.3 is 9.84 Å². The quantitative estimate of drug-likeness (QED) is 0.310. The zero-order valence-electron chi connectivity index (χ0n) is 16.1. The molecule has 1 aliphatic rings. The van der Waals surface area contributed by atoms with Crippen molar-refractivity contribution in [3.63, 3.8) is 0 Å². The number of rotatable bonds is 6. The smallest absolute Gasteiger partial charge is 0.341 e. The average molecular weight is 568 g/mol. The normalized spacial score (nSPS) is 15.3. The molecule has 0 aliphatic carbocycles. The lowest BCUT2D eigenvalue weighted by Crippen LogP contribution is -2.54. The molecule has 160 valence electrons. The van der Waals surface area contributed by atoms with Gasteiger partial charge in [0.05, 0.1) is 14.6 Å². The van der Waals surface area contributed by atoms with E-state index in [-0.39, 0.29) is 10.7 Å². The van der Waals surface area contributed by atoms with E-state index in [0.29, 0.717) is 25.9 Å². The van der Waals surface area contributed by atoms with Crippen LogP contribution in [0.4, 0.5) is 5.69 Å². The first-order valence-electron chi connectivity index (χ1n) is 9.05. The minimum Gasteiger partial charge on any atom is -0.480 e. The number of carboxylic acid groups (broad SMARTS) is 1. The molecule has 0 aromatic heterocycles. The van der Waals surface area contributed by atoms with Crippen LogP contribution in [0.25, 0.3) is 6.08 Å². The Labute approximate surface area is 200 Å². The van der Waals surface area contributed by atoms with Crippen molar-refractivity contribution in [2.75, 3.05) is 11.5 Å². The zero-order valence-corrected chi connectivity index (χ0v) is 20.1. The molecule has 0 radical (unpaired) electrons. The van der Waals surface area contributed by atoms with Gasteiger partial charge in [-0.05, 0) is 92.0 Å². The predicted octanol–water partition coefficient (Wildman–Crippen LogP) is 4.07. The Kier molecular flexibility index (Phi) is 7.24. The Morgan fingerprint density at radius 2 is 1.81 bits per heavy atom. The van der Waals surface area contributed by atoms with Crippen molar-refractivity contribution in [3.8, 4) is 5.75 Å². The molecule has 1 saturated heterocycles.